The fourth-order valence-corrected chi connectivity index (χ4v) is 5.84. The molecule has 0 amide bonds. The molecular weight excluding hydrogens is 287 g/mol. The lowest BCUT2D eigenvalue weighted by Crippen LogP contribution is -2.26. The van der Waals surface area contributed by atoms with Gasteiger partial charge in [0.2, 0.25) is 0 Å². The summed E-state index contributed by atoms with van der Waals surface area (Å²) in [5.74, 6) is 0.901. The van der Waals surface area contributed by atoms with Crippen LogP contribution in [-0.4, -0.2) is 13.4 Å². The van der Waals surface area contributed by atoms with E-state index in [1.165, 1.54) is 15.9 Å². The van der Waals surface area contributed by atoms with E-state index in [2.05, 4.69) is 60.7 Å². The van der Waals surface area contributed by atoms with Crippen LogP contribution in [0.15, 0.2) is 84.9 Å². The second-order valence-corrected chi connectivity index (χ2v) is 8.29. The van der Waals surface area contributed by atoms with E-state index in [0.29, 0.717) is 0 Å². The highest BCUT2D eigenvalue weighted by molar-refractivity contribution is 7.93. The summed E-state index contributed by atoms with van der Waals surface area (Å²) >= 11 is 0. The van der Waals surface area contributed by atoms with Gasteiger partial charge in [-0.2, -0.15) is 0 Å². The van der Waals surface area contributed by atoms with Crippen LogP contribution in [0.2, 0.25) is 0 Å². The largest absolute Gasteiger partial charge is 0.496 e. The van der Waals surface area contributed by atoms with Crippen molar-refractivity contribution in [2.45, 2.75) is 0 Å². The summed E-state index contributed by atoms with van der Waals surface area (Å²) in [6.45, 7) is -1.96. The van der Waals surface area contributed by atoms with E-state index in [9.17, 15) is 0 Å². The first-order chi connectivity index (χ1) is 10.8. The van der Waals surface area contributed by atoms with Gasteiger partial charge in [-0.1, -0.05) is 85.2 Å². The van der Waals surface area contributed by atoms with Crippen molar-refractivity contribution in [2.75, 3.05) is 7.11 Å². The average Bonchev–Trinajstić information content (AvgIpc) is 2.62. The molecule has 0 aromatic heterocycles. The van der Waals surface area contributed by atoms with E-state index in [1.54, 1.807) is 7.11 Å². The van der Waals surface area contributed by atoms with Crippen LogP contribution >= 0.6 is 6.89 Å². The van der Waals surface area contributed by atoms with Crippen LogP contribution in [-0.2, 0) is 0 Å². The highest BCUT2D eigenvalue weighted by atomic mass is 31.2. The van der Waals surface area contributed by atoms with Crippen molar-refractivity contribution in [3.63, 3.8) is 0 Å². The Balaban J connectivity index is 2.32. The summed E-state index contributed by atoms with van der Waals surface area (Å²) in [6, 6.07) is 29.3. The summed E-state index contributed by atoms with van der Waals surface area (Å²) in [7, 11) is 1.72. The molecule has 0 radical (unpaired) electrons. The highest BCUT2D eigenvalue weighted by Gasteiger charge is 2.24. The van der Waals surface area contributed by atoms with Gasteiger partial charge in [0.15, 0.2) is 0 Å². The molecule has 3 rings (SSSR count). The molecule has 3 aromatic carbocycles. The molecule has 1 nitrogen and oxygen atoms in total. The predicted molar refractivity (Wildman–Crippen MR) is 98.8 cm³/mol. The van der Waals surface area contributed by atoms with E-state index in [-0.39, 0.29) is 0 Å². The van der Waals surface area contributed by atoms with Crippen molar-refractivity contribution in [1.82, 2.24) is 0 Å². The molecule has 3 aromatic rings. The molecule has 0 saturated carbocycles. The molecule has 2 heteroatoms. The van der Waals surface area contributed by atoms with E-state index < -0.39 is 6.89 Å². The number of ether oxygens (including phenoxy) is 1. The van der Waals surface area contributed by atoms with Gasteiger partial charge in [-0.25, -0.2) is 0 Å². The standard InChI is InChI=1S/C20H19OP/c1-21-19-15-9-10-16-20(19)22(2,17-11-5-3-6-12-17)18-13-7-4-8-14-18/h3-16H,2H2,1H3. The van der Waals surface area contributed by atoms with Gasteiger partial charge >= 0.3 is 0 Å². The van der Waals surface area contributed by atoms with Crippen molar-refractivity contribution in [3.8, 4) is 5.75 Å². The topological polar surface area (TPSA) is 9.23 Å². The first-order valence-electron chi connectivity index (χ1n) is 7.25. The van der Waals surface area contributed by atoms with Gasteiger partial charge in [0.25, 0.3) is 0 Å². The molecule has 0 saturated heterocycles. The minimum Gasteiger partial charge on any atom is -0.496 e. The third-order valence-corrected chi connectivity index (χ3v) is 7.44. The summed E-state index contributed by atoms with van der Waals surface area (Å²) in [4.78, 5) is 0. The van der Waals surface area contributed by atoms with E-state index in [4.69, 9.17) is 11.0 Å². The summed E-state index contributed by atoms with van der Waals surface area (Å²) in [6.07, 6.45) is 4.72. The number of hydrogen-bond donors (Lipinski definition) is 0. The minimum absolute atomic E-state index is 0.901. The number of para-hydroxylation sites is 1. The normalized spacial score (nSPS) is 11.1. The van der Waals surface area contributed by atoms with Crippen LogP contribution in [0.25, 0.3) is 0 Å². The Hall–Kier alpha value is -2.24. The van der Waals surface area contributed by atoms with Crippen molar-refractivity contribution in [1.29, 1.82) is 0 Å². The van der Waals surface area contributed by atoms with E-state index >= 15 is 0 Å². The first kappa shape index (κ1) is 14.7. The van der Waals surface area contributed by atoms with Gasteiger partial charge in [0.1, 0.15) is 5.75 Å². The smallest absolute Gasteiger partial charge is 0.127 e. The molecule has 0 aliphatic carbocycles. The SMILES string of the molecule is C=P(c1ccccc1)(c1ccccc1)c1ccccc1OC. The van der Waals surface area contributed by atoms with Crippen LogP contribution in [0.5, 0.6) is 5.75 Å². The predicted octanol–water partition coefficient (Wildman–Crippen LogP) is 3.42. The van der Waals surface area contributed by atoms with Crippen molar-refractivity contribution in [3.05, 3.63) is 84.9 Å². The third-order valence-electron chi connectivity index (χ3n) is 3.89. The van der Waals surface area contributed by atoms with Crippen LogP contribution in [0, 0.1) is 0 Å². The number of benzene rings is 3. The zero-order valence-corrected chi connectivity index (χ0v) is 13.5. The highest BCUT2D eigenvalue weighted by Crippen LogP contribution is 2.44. The zero-order valence-electron chi connectivity index (χ0n) is 12.6. The minimum atomic E-state index is -1.96. The van der Waals surface area contributed by atoms with Gasteiger partial charge in [0.05, 0.1) is 7.11 Å². The molecule has 22 heavy (non-hydrogen) atoms. The second kappa shape index (κ2) is 6.25. The Bertz CT molecular complexity index is 751. The molecule has 0 spiro atoms. The van der Waals surface area contributed by atoms with E-state index in [1.807, 2.05) is 24.3 Å². The van der Waals surface area contributed by atoms with E-state index in [0.717, 1.165) is 5.75 Å². The first-order valence-corrected chi connectivity index (χ1v) is 9.22. The van der Waals surface area contributed by atoms with Gasteiger partial charge in [-0.3, -0.25) is 0 Å². The fraction of sp³-hybridized carbons (Fsp3) is 0.0500. The Morgan fingerprint density at radius 3 is 1.64 bits per heavy atom. The number of rotatable bonds is 4. The molecule has 0 N–H and O–H groups in total. The number of methoxy groups -OCH3 is 1. The van der Waals surface area contributed by atoms with Gasteiger partial charge in [-0.05, 0) is 23.6 Å². The molecule has 0 fully saturated rings. The van der Waals surface area contributed by atoms with Crippen LogP contribution in [0.4, 0.5) is 0 Å². The Kier molecular flexibility index (Phi) is 4.18. The fourth-order valence-electron chi connectivity index (χ4n) is 2.74. The summed E-state index contributed by atoms with van der Waals surface area (Å²) in [5.41, 5.74) is 0. The second-order valence-electron chi connectivity index (χ2n) is 5.15. The van der Waals surface area contributed by atoms with Gasteiger partial charge in [0, 0.05) is 5.30 Å². The molecule has 0 heterocycles. The van der Waals surface area contributed by atoms with Crippen LogP contribution < -0.4 is 20.7 Å². The molecule has 0 aliphatic heterocycles. The van der Waals surface area contributed by atoms with Crippen LogP contribution in [0.1, 0.15) is 0 Å². The zero-order chi connectivity index (χ0) is 15.4. The number of hydrogen-bond acceptors (Lipinski definition) is 1. The molecule has 110 valence electrons. The maximum Gasteiger partial charge on any atom is 0.127 e. The molecular formula is C20H19OP. The molecule has 0 unspecified atom stereocenters. The van der Waals surface area contributed by atoms with Crippen LogP contribution in [0.3, 0.4) is 0 Å². The van der Waals surface area contributed by atoms with Gasteiger partial charge < -0.3 is 4.74 Å². The quantitative estimate of drug-likeness (QED) is 0.671. The molecule has 0 bridgehead atoms. The lowest BCUT2D eigenvalue weighted by molar-refractivity contribution is 0.418. The maximum atomic E-state index is 5.62. The van der Waals surface area contributed by atoms with Crippen molar-refractivity contribution < 1.29 is 4.74 Å². The lowest BCUT2D eigenvalue weighted by Gasteiger charge is -2.28. The summed E-state index contributed by atoms with van der Waals surface area (Å²) < 4.78 is 5.62. The molecule has 0 aliphatic rings. The maximum absolute atomic E-state index is 5.62. The summed E-state index contributed by atoms with van der Waals surface area (Å²) in [5, 5.41) is 3.69. The van der Waals surface area contributed by atoms with Crippen molar-refractivity contribution in [2.24, 2.45) is 0 Å². The lowest BCUT2D eigenvalue weighted by atomic mass is 10.3. The Morgan fingerprint density at radius 1 is 0.682 bits per heavy atom. The average molecular weight is 306 g/mol. The van der Waals surface area contributed by atoms with Gasteiger partial charge in [-0.15, -0.1) is 0 Å². The third kappa shape index (κ3) is 2.49. The Labute approximate surface area is 132 Å². The molecule has 0 atom stereocenters. The Morgan fingerprint density at radius 2 is 1.14 bits per heavy atom. The van der Waals surface area contributed by atoms with Crippen molar-refractivity contribution >= 4 is 29.1 Å². The monoisotopic (exact) mass is 306 g/mol.